The van der Waals surface area contributed by atoms with Gasteiger partial charge in [-0.05, 0) is 24.5 Å². The van der Waals surface area contributed by atoms with Gasteiger partial charge in [0.25, 0.3) is 5.91 Å². The van der Waals surface area contributed by atoms with Crippen molar-refractivity contribution >= 4 is 15.9 Å². The van der Waals surface area contributed by atoms with E-state index >= 15 is 0 Å². The van der Waals surface area contributed by atoms with Crippen LogP contribution in [-0.4, -0.2) is 61.6 Å². The van der Waals surface area contributed by atoms with Crippen molar-refractivity contribution in [2.75, 3.05) is 32.5 Å². The lowest BCUT2D eigenvalue weighted by atomic mass is 9.97. The van der Waals surface area contributed by atoms with Gasteiger partial charge in [0.05, 0.1) is 19.4 Å². The maximum Gasteiger partial charge on any atom is 0.256 e. The highest BCUT2D eigenvalue weighted by Gasteiger charge is 2.44. The third-order valence-electron chi connectivity index (χ3n) is 4.58. The summed E-state index contributed by atoms with van der Waals surface area (Å²) in [5.41, 5.74) is 1.30. The van der Waals surface area contributed by atoms with Crippen LogP contribution < -0.4 is 0 Å². The summed E-state index contributed by atoms with van der Waals surface area (Å²) in [6, 6.07) is 8.09. The molecule has 0 spiro atoms. The number of hydrogen-bond donors (Lipinski definition) is 0. The molecule has 3 rings (SSSR count). The van der Waals surface area contributed by atoms with Gasteiger partial charge in [-0.2, -0.15) is 4.31 Å². The van der Waals surface area contributed by atoms with Crippen molar-refractivity contribution in [3.8, 4) is 0 Å². The lowest BCUT2D eigenvalue weighted by Crippen LogP contribution is -2.60. The topological polar surface area (TPSA) is 66.9 Å². The van der Waals surface area contributed by atoms with E-state index in [0.717, 1.165) is 12.0 Å². The summed E-state index contributed by atoms with van der Waals surface area (Å²) in [7, 11) is -3.33. The zero-order valence-corrected chi connectivity index (χ0v) is 14.3. The van der Waals surface area contributed by atoms with E-state index in [4.69, 9.17) is 4.74 Å². The van der Waals surface area contributed by atoms with Crippen LogP contribution in [-0.2, 0) is 32.5 Å². The molecule has 0 bridgehead atoms. The Hall–Kier alpha value is -1.44. The van der Waals surface area contributed by atoms with Gasteiger partial charge >= 0.3 is 0 Å². The quantitative estimate of drug-likeness (QED) is 0.793. The number of benzene rings is 1. The Morgan fingerprint density at radius 2 is 1.91 bits per heavy atom. The lowest BCUT2D eigenvalue weighted by molar-refractivity contribution is -0.164. The first-order valence-electron chi connectivity index (χ1n) is 7.75. The molecule has 0 aromatic heterocycles. The molecule has 0 N–H and O–H groups in total. The molecular formula is C16H22N2O4S. The van der Waals surface area contributed by atoms with Crippen molar-refractivity contribution in [2.24, 2.45) is 0 Å². The average Bonchev–Trinajstić information content (AvgIpc) is 2.53. The Kier molecular flexibility index (Phi) is 4.20. The molecule has 0 unspecified atom stereocenters. The normalized spacial score (nSPS) is 25.9. The highest BCUT2D eigenvalue weighted by Crippen LogP contribution is 2.26. The van der Waals surface area contributed by atoms with Crippen molar-refractivity contribution in [1.82, 2.24) is 9.21 Å². The Labute approximate surface area is 137 Å². The molecule has 7 heteroatoms. The van der Waals surface area contributed by atoms with Gasteiger partial charge in [0.2, 0.25) is 10.0 Å². The second kappa shape index (κ2) is 5.89. The zero-order valence-electron chi connectivity index (χ0n) is 13.5. The smallest absolute Gasteiger partial charge is 0.256 e. The monoisotopic (exact) mass is 338 g/mol. The molecule has 6 nitrogen and oxygen atoms in total. The fourth-order valence-electron chi connectivity index (χ4n) is 3.25. The Balaban J connectivity index is 1.77. The summed E-state index contributed by atoms with van der Waals surface area (Å²) in [6.45, 7) is 3.47. The minimum Gasteiger partial charge on any atom is -0.363 e. The van der Waals surface area contributed by atoms with Crippen molar-refractivity contribution in [1.29, 1.82) is 0 Å². The lowest BCUT2D eigenvalue weighted by Gasteiger charge is -2.41. The summed E-state index contributed by atoms with van der Waals surface area (Å²) < 4.78 is 30.6. The minimum atomic E-state index is -3.33. The molecule has 2 aliphatic rings. The predicted octanol–water partition coefficient (Wildman–Crippen LogP) is 0.622. The Morgan fingerprint density at radius 1 is 1.22 bits per heavy atom. The molecule has 0 aliphatic carbocycles. The van der Waals surface area contributed by atoms with Crippen LogP contribution in [0.5, 0.6) is 0 Å². The third-order valence-corrected chi connectivity index (χ3v) is 5.83. The van der Waals surface area contributed by atoms with Crippen molar-refractivity contribution in [2.45, 2.75) is 25.5 Å². The molecule has 1 amide bonds. The molecule has 0 saturated carbocycles. The number of morpholine rings is 1. The van der Waals surface area contributed by atoms with E-state index in [-0.39, 0.29) is 19.1 Å². The summed E-state index contributed by atoms with van der Waals surface area (Å²) in [5.74, 6) is -0.139. The van der Waals surface area contributed by atoms with Gasteiger partial charge in [-0.1, -0.05) is 24.3 Å². The summed E-state index contributed by atoms with van der Waals surface area (Å²) >= 11 is 0. The van der Waals surface area contributed by atoms with Crippen LogP contribution >= 0.6 is 0 Å². The molecule has 2 aliphatic heterocycles. The van der Waals surface area contributed by atoms with Gasteiger partial charge in [-0.15, -0.1) is 0 Å². The maximum atomic E-state index is 12.9. The highest BCUT2D eigenvalue weighted by atomic mass is 32.2. The standard InChI is InChI=1S/C16H22N2O4S/c1-16(12-18(9-10-22-16)23(2,20)21)15(19)17-8-7-13-5-3-4-6-14(13)11-17/h3-6H,7-12H2,1-2H3/t16-/m0/s1. The summed E-state index contributed by atoms with van der Waals surface area (Å²) in [6.07, 6.45) is 1.98. The number of rotatable bonds is 2. The molecule has 1 fully saturated rings. The van der Waals surface area contributed by atoms with Crippen LogP contribution in [0.15, 0.2) is 24.3 Å². The van der Waals surface area contributed by atoms with Gasteiger partial charge in [0, 0.05) is 19.6 Å². The highest BCUT2D eigenvalue weighted by molar-refractivity contribution is 7.88. The van der Waals surface area contributed by atoms with Gasteiger partial charge < -0.3 is 9.64 Å². The van der Waals surface area contributed by atoms with Crippen LogP contribution in [0, 0.1) is 0 Å². The first kappa shape index (κ1) is 16.4. The maximum absolute atomic E-state index is 12.9. The van der Waals surface area contributed by atoms with Gasteiger partial charge in [0.1, 0.15) is 0 Å². The molecule has 1 aromatic rings. The number of carbonyl (C=O) groups excluding carboxylic acids is 1. The van der Waals surface area contributed by atoms with Crippen LogP contribution in [0.3, 0.4) is 0 Å². The van der Waals surface area contributed by atoms with E-state index < -0.39 is 15.6 Å². The molecule has 2 heterocycles. The number of nitrogens with zero attached hydrogens (tertiary/aromatic N) is 2. The van der Waals surface area contributed by atoms with Crippen LogP contribution in [0.1, 0.15) is 18.1 Å². The van der Waals surface area contributed by atoms with Crippen LogP contribution in [0.25, 0.3) is 0 Å². The van der Waals surface area contributed by atoms with Gasteiger partial charge in [-0.3, -0.25) is 4.79 Å². The molecule has 1 atom stereocenters. The number of ether oxygens (including phenoxy) is 1. The molecule has 23 heavy (non-hydrogen) atoms. The number of fused-ring (bicyclic) bond motifs is 1. The fraction of sp³-hybridized carbons (Fsp3) is 0.562. The van der Waals surface area contributed by atoms with Crippen LogP contribution in [0.4, 0.5) is 0 Å². The van der Waals surface area contributed by atoms with Crippen molar-refractivity contribution in [3.63, 3.8) is 0 Å². The van der Waals surface area contributed by atoms with E-state index in [2.05, 4.69) is 6.07 Å². The molecule has 0 radical (unpaired) electrons. The summed E-state index contributed by atoms with van der Waals surface area (Å²) in [5, 5.41) is 0. The SMILES string of the molecule is C[C@@]1(C(=O)N2CCc3ccccc3C2)CN(S(C)(=O)=O)CCO1. The molecular weight excluding hydrogens is 316 g/mol. The second-order valence-electron chi connectivity index (χ2n) is 6.42. The van der Waals surface area contributed by atoms with Gasteiger partial charge in [-0.25, -0.2) is 8.42 Å². The van der Waals surface area contributed by atoms with E-state index in [9.17, 15) is 13.2 Å². The third kappa shape index (κ3) is 3.27. The van der Waals surface area contributed by atoms with Gasteiger partial charge in [0.15, 0.2) is 5.60 Å². The molecule has 1 saturated heterocycles. The second-order valence-corrected chi connectivity index (χ2v) is 8.40. The zero-order chi connectivity index (χ0) is 16.7. The van der Waals surface area contributed by atoms with Crippen molar-refractivity contribution < 1.29 is 17.9 Å². The number of carbonyl (C=O) groups is 1. The van der Waals surface area contributed by atoms with E-state index in [0.29, 0.717) is 19.6 Å². The fourth-order valence-corrected chi connectivity index (χ4v) is 4.14. The minimum absolute atomic E-state index is 0.0722. The average molecular weight is 338 g/mol. The molecule has 126 valence electrons. The van der Waals surface area contributed by atoms with Crippen molar-refractivity contribution in [3.05, 3.63) is 35.4 Å². The number of sulfonamides is 1. The van der Waals surface area contributed by atoms with E-state index in [1.807, 2.05) is 18.2 Å². The first-order valence-corrected chi connectivity index (χ1v) is 9.60. The molecule has 1 aromatic carbocycles. The van der Waals surface area contributed by atoms with E-state index in [1.54, 1.807) is 11.8 Å². The number of hydrogen-bond acceptors (Lipinski definition) is 4. The Bertz CT molecular complexity index is 719. The van der Waals surface area contributed by atoms with Crippen LogP contribution in [0.2, 0.25) is 0 Å². The number of amides is 1. The first-order chi connectivity index (χ1) is 10.8. The summed E-state index contributed by atoms with van der Waals surface area (Å²) in [4.78, 5) is 14.7. The Morgan fingerprint density at radius 3 is 2.61 bits per heavy atom. The predicted molar refractivity (Wildman–Crippen MR) is 86.3 cm³/mol. The largest absolute Gasteiger partial charge is 0.363 e. The van der Waals surface area contributed by atoms with E-state index in [1.165, 1.54) is 16.1 Å².